The molecule has 7 nitrogen and oxygen atoms in total. The van der Waals surface area contributed by atoms with Crippen molar-refractivity contribution in [1.29, 1.82) is 0 Å². The smallest absolute Gasteiger partial charge is 0.274 e. The molecule has 0 bridgehead atoms. The normalized spacial score (nSPS) is 12.6. The maximum absolute atomic E-state index is 13.7. The monoisotopic (exact) mass is 586 g/mol. The molecule has 1 aromatic heterocycles. The van der Waals surface area contributed by atoms with E-state index in [0.717, 1.165) is 17.2 Å². The Morgan fingerprint density at radius 2 is 1.54 bits per heavy atom. The van der Waals surface area contributed by atoms with Crippen LogP contribution >= 0.6 is 0 Å². The van der Waals surface area contributed by atoms with Crippen LogP contribution in [0.5, 0.6) is 0 Å². The van der Waals surface area contributed by atoms with Crippen molar-refractivity contribution < 1.29 is 21.6 Å². The minimum absolute atomic E-state index is 0.0951. The van der Waals surface area contributed by atoms with Crippen molar-refractivity contribution in [3.05, 3.63) is 100 Å². The van der Waals surface area contributed by atoms with Crippen LogP contribution in [0.2, 0.25) is 0 Å². The Hall–Kier alpha value is -3.70. The molecule has 0 aliphatic rings. The molecule has 0 aliphatic heterocycles. The van der Waals surface area contributed by atoms with Gasteiger partial charge >= 0.3 is 11.9 Å². The zero-order valence-electron chi connectivity index (χ0n) is 23.4. The van der Waals surface area contributed by atoms with Gasteiger partial charge in [0.2, 0.25) is 10.0 Å². The Kier molecular flexibility index (Phi) is 8.60. The number of aromatic nitrogens is 3. The third-order valence-electron chi connectivity index (χ3n) is 6.35. The second-order valence-corrected chi connectivity index (χ2v) is 12.5. The molecule has 0 aliphatic carbocycles. The van der Waals surface area contributed by atoms with Crippen LogP contribution in [0.3, 0.4) is 0 Å². The van der Waals surface area contributed by atoms with E-state index in [0.29, 0.717) is 35.4 Å². The lowest BCUT2D eigenvalue weighted by atomic mass is 10.0. The second kappa shape index (κ2) is 11.7. The molecule has 41 heavy (non-hydrogen) atoms. The Balaban J connectivity index is 1.71. The number of hydrogen-bond donors (Lipinski definition) is 1. The van der Waals surface area contributed by atoms with Gasteiger partial charge in [0.15, 0.2) is 0 Å². The van der Waals surface area contributed by atoms with Gasteiger partial charge in [-0.1, -0.05) is 67.9 Å². The number of sulfonamides is 1. The van der Waals surface area contributed by atoms with Crippen LogP contribution in [0.1, 0.15) is 57.5 Å². The Morgan fingerprint density at radius 1 is 0.902 bits per heavy atom. The first kappa shape index (κ1) is 30.3. The van der Waals surface area contributed by atoms with Gasteiger partial charge in [-0.3, -0.25) is 4.57 Å². The SMILES string of the molecule is CCCCc1nn(-c2ccccc2C(F)(F)F)c(=O)n1Cc1ccc(-c2ccccc2S(=O)(=O)NC(C)(C)C)cc1. The average Bonchev–Trinajstić information content (AvgIpc) is 3.20. The van der Waals surface area contributed by atoms with Gasteiger partial charge in [-0.15, -0.1) is 5.10 Å². The van der Waals surface area contributed by atoms with Crippen molar-refractivity contribution in [2.75, 3.05) is 0 Å². The van der Waals surface area contributed by atoms with E-state index in [4.69, 9.17) is 0 Å². The first-order chi connectivity index (χ1) is 19.2. The summed E-state index contributed by atoms with van der Waals surface area (Å²) < 4.78 is 72.1. The molecule has 4 rings (SSSR count). The topological polar surface area (TPSA) is 86.0 Å². The highest BCUT2D eigenvalue weighted by Crippen LogP contribution is 2.33. The quantitative estimate of drug-likeness (QED) is 0.254. The van der Waals surface area contributed by atoms with Crippen molar-refractivity contribution in [2.24, 2.45) is 0 Å². The van der Waals surface area contributed by atoms with Crippen LogP contribution in [0.4, 0.5) is 13.2 Å². The summed E-state index contributed by atoms with van der Waals surface area (Å²) in [5, 5.41) is 4.31. The molecule has 0 saturated heterocycles. The summed E-state index contributed by atoms with van der Waals surface area (Å²) in [5.74, 6) is 0.391. The van der Waals surface area contributed by atoms with Crippen molar-refractivity contribution >= 4 is 10.0 Å². The zero-order valence-corrected chi connectivity index (χ0v) is 24.2. The molecule has 1 N–H and O–H groups in total. The summed E-state index contributed by atoms with van der Waals surface area (Å²) in [7, 11) is -3.80. The van der Waals surface area contributed by atoms with Gasteiger partial charge in [0.1, 0.15) is 5.82 Å². The third kappa shape index (κ3) is 6.97. The molecule has 4 aromatic rings. The number of para-hydroxylation sites is 1. The predicted octanol–water partition coefficient (Wildman–Crippen LogP) is 6.19. The summed E-state index contributed by atoms with van der Waals surface area (Å²) in [6.07, 6.45) is -2.69. The number of alkyl halides is 3. The number of nitrogens with one attached hydrogen (secondary N) is 1. The molecule has 0 radical (unpaired) electrons. The molecule has 3 aromatic carbocycles. The number of unbranched alkanes of at least 4 members (excludes halogenated alkanes) is 1. The number of halogens is 3. The van der Waals surface area contributed by atoms with Crippen molar-refractivity contribution in [1.82, 2.24) is 19.1 Å². The molecule has 218 valence electrons. The molecule has 0 spiro atoms. The summed E-state index contributed by atoms with van der Waals surface area (Å²) >= 11 is 0. The molecular formula is C30H33F3N4O3S. The zero-order chi connectivity index (χ0) is 30.0. The third-order valence-corrected chi connectivity index (χ3v) is 8.17. The van der Waals surface area contributed by atoms with Gasteiger partial charge in [-0.2, -0.15) is 17.9 Å². The number of benzene rings is 3. The van der Waals surface area contributed by atoms with Gasteiger partial charge in [-0.25, -0.2) is 17.9 Å². The molecular weight excluding hydrogens is 553 g/mol. The lowest BCUT2D eigenvalue weighted by Crippen LogP contribution is -2.40. The summed E-state index contributed by atoms with van der Waals surface area (Å²) in [4.78, 5) is 13.6. The summed E-state index contributed by atoms with van der Waals surface area (Å²) in [5.41, 5.74) is -0.688. The summed E-state index contributed by atoms with van der Waals surface area (Å²) in [6, 6.07) is 18.6. The fraction of sp³-hybridized carbons (Fsp3) is 0.333. The van der Waals surface area contributed by atoms with Crippen LogP contribution in [0, 0.1) is 0 Å². The average molecular weight is 587 g/mol. The molecule has 0 amide bonds. The number of hydrogen-bond acceptors (Lipinski definition) is 4. The van der Waals surface area contributed by atoms with E-state index >= 15 is 0 Å². The van der Waals surface area contributed by atoms with E-state index in [9.17, 15) is 26.4 Å². The fourth-order valence-corrected chi connectivity index (χ4v) is 6.19. The first-order valence-corrected chi connectivity index (χ1v) is 14.8. The largest absolute Gasteiger partial charge is 0.418 e. The lowest BCUT2D eigenvalue weighted by Gasteiger charge is -2.21. The van der Waals surface area contributed by atoms with E-state index < -0.39 is 33.0 Å². The van der Waals surface area contributed by atoms with E-state index in [1.165, 1.54) is 22.8 Å². The number of aryl methyl sites for hydroxylation is 1. The van der Waals surface area contributed by atoms with Gasteiger partial charge in [-0.05, 0) is 56.5 Å². The Morgan fingerprint density at radius 3 is 2.17 bits per heavy atom. The minimum Gasteiger partial charge on any atom is -0.274 e. The van der Waals surface area contributed by atoms with E-state index in [2.05, 4.69) is 9.82 Å². The molecule has 11 heteroatoms. The number of rotatable bonds is 9. The number of nitrogens with zero attached hydrogens (tertiary/aromatic N) is 3. The Bertz CT molecular complexity index is 1680. The first-order valence-electron chi connectivity index (χ1n) is 13.3. The molecule has 0 saturated carbocycles. The van der Waals surface area contributed by atoms with Crippen LogP contribution in [0.15, 0.2) is 82.5 Å². The fourth-order valence-electron chi connectivity index (χ4n) is 4.54. The van der Waals surface area contributed by atoms with Crippen LogP contribution in [0.25, 0.3) is 16.8 Å². The van der Waals surface area contributed by atoms with Crippen LogP contribution in [-0.2, 0) is 29.2 Å². The van der Waals surface area contributed by atoms with E-state index in [-0.39, 0.29) is 17.1 Å². The molecule has 1 heterocycles. The van der Waals surface area contributed by atoms with Gasteiger partial charge < -0.3 is 0 Å². The van der Waals surface area contributed by atoms with Crippen LogP contribution in [-0.4, -0.2) is 28.3 Å². The molecule has 0 atom stereocenters. The van der Waals surface area contributed by atoms with Gasteiger partial charge in [0, 0.05) is 17.5 Å². The molecule has 0 fully saturated rings. The Labute approximate surface area is 237 Å². The predicted molar refractivity (Wildman–Crippen MR) is 152 cm³/mol. The highest BCUT2D eigenvalue weighted by Gasteiger charge is 2.35. The second-order valence-electron chi connectivity index (χ2n) is 10.9. The van der Waals surface area contributed by atoms with E-state index in [1.807, 2.05) is 6.92 Å². The van der Waals surface area contributed by atoms with Gasteiger partial charge in [0.05, 0.1) is 22.7 Å². The highest BCUT2D eigenvalue weighted by atomic mass is 32.2. The standard InChI is InChI=1S/C30H33F3N4O3S/c1-5-6-15-27-34-37(25-13-9-8-12-24(25)30(31,32)33)28(38)36(27)20-21-16-18-22(19-17-21)23-11-7-10-14-26(23)41(39,40)35-29(2,3)4/h7-14,16-19,35H,5-6,15,20H2,1-4H3. The van der Waals surface area contributed by atoms with E-state index in [1.54, 1.807) is 69.3 Å². The van der Waals surface area contributed by atoms with Crippen molar-refractivity contribution in [3.63, 3.8) is 0 Å². The van der Waals surface area contributed by atoms with Crippen molar-refractivity contribution in [2.45, 2.75) is 70.1 Å². The van der Waals surface area contributed by atoms with Gasteiger partial charge in [0.25, 0.3) is 0 Å². The maximum atomic E-state index is 13.7. The molecule has 0 unspecified atom stereocenters. The highest BCUT2D eigenvalue weighted by molar-refractivity contribution is 7.89. The minimum atomic E-state index is -4.65. The maximum Gasteiger partial charge on any atom is 0.418 e. The van der Waals surface area contributed by atoms with Crippen molar-refractivity contribution in [3.8, 4) is 16.8 Å². The van der Waals surface area contributed by atoms with Crippen LogP contribution < -0.4 is 10.4 Å². The summed E-state index contributed by atoms with van der Waals surface area (Å²) in [6.45, 7) is 7.37. The lowest BCUT2D eigenvalue weighted by molar-refractivity contribution is -0.137.